The number of rotatable bonds is 2. The van der Waals surface area contributed by atoms with E-state index >= 15 is 0 Å². The Morgan fingerprint density at radius 1 is 1.12 bits per heavy atom. The van der Waals surface area contributed by atoms with Crippen LogP contribution in [0.15, 0.2) is 59.7 Å². The number of aliphatic hydroxyl groups is 1. The van der Waals surface area contributed by atoms with Gasteiger partial charge in [0.15, 0.2) is 0 Å². The summed E-state index contributed by atoms with van der Waals surface area (Å²) in [6.07, 6.45) is 3.31. The topological polar surface area (TPSA) is 114 Å². The molecular formula is C24H23N5O3. The molecular weight excluding hydrogens is 406 g/mol. The minimum absolute atomic E-state index is 0.0515. The zero-order chi connectivity index (χ0) is 22.4. The van der Waals surface area contributed by atoms with Crippen LogP contribution < -0.4 is 11.3 Å². The van der Waals surface area contributed by atoms with Crippen LogP contribution in [0, 0.1) is 0 Å². The average molecular weight is 429 g/mol. The highest BCUT2D eigenvalue weighted by atomic mass is 16.3. The van der Waals surface area contributed by atoms with Gasteiger partial charge in [-0.2, -0.15) is 0 Å². The maximum absolute atomic E-state index is 13.0. The Morgan fingerprint density at radius 3 is 2.78 bits per heavy atom. The third-order valence-electron chi connectivity index (χ3n) is 5.91. The molecule has 0 radical (unpaired) electrons. The van der Waals surface area contributed by atoms with Crippen molar-refractivity contribution in [2.24, 2.45) is 12.8 Å². The number of amides is 1. The number of aliphatic hydroxyl groups excluding tert-OH is 1. The number of aromatic nitrogens is 3. The zero-order valence-corrected chi connectivity index (χ0v) is 17.6. The average Bonchev–Trinajstić information content (AvgIpc) is 2.79. The first-order valence-corrected chi connectivity index (χ1v) is 10.5. The number of β-amino-alcohol motifs (C(OH)–C–C–N with tert-alkyl or cyclic N) is 1. The molecule has 0 saturated carbocycles. The van der Waals surface area contributed by atoms with Gasteiger partial charge in [-0.25, -0.2) is 4.98 Å². The van der Waals surface area contributed by atoms with Crippen LogP contribution in [-0.2, 0) is 7.05 Å². The van der Waals surface area contributed by atoms with Crippen molar-refractivity contribution in [3.8, 4) is 11.3 Å². The van der Waals surface area contributed by atoms with Gasteiger partial charge in [-0.1, -0.05) is 6.07 Å². The molecule has 1 saturated heterocycles. The number of pyridine rings is 1. The Morgan fingerprint density at radius 2 is 1.97 bits per heavy atom. The van der Waals surface area contributed by atoms with E-state index in [4.69, 9.17) is 10.7 Å². The van der Waals surface area contributed by atoms with Crippen molar-refractivity contribution in [1.82, 2.24) is 19.4 Å². The molecule has 0 unspecified atom stereocenters. The van der Waals surface area contributed by atoms with E-state index in [-0.39, 0.29) is 24.1 Å². The predicted molar refractivity (Wildman–Crippen MR) is 122 cm³/mol. The number of nitrogens with two attached hydrogens (primary N) is 1. The summed E-state index contributed by atoms with van der Waals surface area (Å²) in [6, 6.07) is 12.4. The number of piperidine rings is 1. The SMILES string of the molecule is Cn1ccc2cc(-c3cnc4ccc(C(=O)N5C[C@H](N)C[C@@H](O)C5)cc4n3)ccc2c1=O. The molecule has 8 heteroatoms. The molecule has 0 spiro atoms. The molecule has 32 heavy (non-hydrogen) atoms. The van der Waals surface area contributed by atoms with E-state index in [9.17, 15) is 14.7 Å². The fraction of sp³-hybridized carbons (Fsp3) is 0.250. The first kappa shape index (κ1) is 20.3. The highest BCUT2D eigenvalue weighted by Crippen LogP contribution is 2.24. The van der Waals surface area contributed by atoms with Gasteiger partial charge < -0.3 is 20.3 Å². The van der Waals surface area contributed by atoms with Gasteiger partial charge in [0.1, 0.15) is 0 Å². The van der Waals surface area contributed by atoms with Crippen molar-refractivity contribution >= 4 is 27.7 Å². The number of nitrogens with zero attached hydrogens (tertiary/aromatic N) is 4. The van der Waals surface area contributed by atoms with Crippen LogP contribution in [0.2, 0.25) is 0 Å². The van der Waals surface area contributed by atoms with Gasteiger partial charge in [0.05, 0.1) is 29.0 Å². The summed E-state index contributed by atoms with van der Waals surface area (Å²) in [6.45, 7) is 0.684. The summed E-state index contributed by atoms with van der Waals surface area (Å²) in [7, 11) is 1.72. The standard InChI is InChI=1S/C24H23N5O3/c1-28-7-6-14-8-15(2-4-19(14)24(28)32)22-11-26-20-5-3-16(9-21(20)27-22)23(31)29-12-17(25)10-18(30)13-29/h2-9,11,17-18,30H,10,12-13,25H2,1H3/t17-,18-/m1/s1. The van der Waals surface area contributed by atoms with E-state index in [1.165, 1.54) is 0 Å². The molecule has 4 aromatic rings. The second kappa shape index (κ2) is 7.81. The van der Waals surface area contributed by atoms with Gasteiger partial charge in [-0.05, 0) is 48.2 Å². The van der Waals surface area contributed by atoms with Gasteiger partial charge in [-0.3, -0.25) is 14.6 Å². The lowest BCUT2D eigenvalue weighted by Gasteiger charge is -2.34. The van der Waals surface area contributed by atoms with Gasteiger partial charge >= 0.3 is 0 Å². The van der Waals surface area contributed by atoms with E-state index in [0.717, 1.165) is 10.9 Å². The highest BCUT2D eigenvalue weighted by Gasteiger charge is 2.27. The van der Waals surface area contributed by atoms with E-state index in [1.807, 2.05) is 18.2 Å². The summed E-state index contributed by atoms with van der Waals surface area (Å²) < 4.78 is 1.55. The normalized spacial score (nSPS) is 18.9. The Balaban J connectivity index is 1.51. The molecule has 8 nitrogen and oxygen atoms in total. The number of aryl methyl sites for hydroxylation is 1. The first-order valence-electron chi connectivity index (χ1n) is 10.5. The molecule has 2 aromatic carbocycles. The summed E-state index contributed by atoms with van der Waals surface area (Å²) in [5.74, 6) is -0.185. The molecule has 0 bridgehead atoms. The maximum Gasteiger partial charge on any atom is 0.258 e. The van der Waals surface area contributed by atoms with Crippen LogP contribution in [0.25, 0.3) is 33.1 Å². The second-order valence-electron chi connectivity index (χ2n) is 8.35. The lowest BCUT2D eigenvalue weighted by Crippen LogP contribution is -2.51. The third kappa shape index (κ3) is 3.63. The number of benzene rings is 2. The van der Waals surface area contributed by atoms with E-state index in [1.54, 1.807) is 53.2 Å². The molecule has 5 rings (SSSR count). The molecule has 2 aromatic heterocycles. The number of carbonyl (C=O) groups is 1. The molecule has 1 aliphatic heterocycles. The molecule has 2 atom stereocenters. The molecule has 1 aliphatic rings. The molecule has 0 aliphatic carbocycles. The largest absolute Gasteiger partial charge is 0.391 e. The number of carbonyl (C=O) groups excluding carboxylic acids is 1. The van der Waals surface area contributed by atoms with Gasteiger partial charge in [-0.15, -0.1) is 0 Å². The summed E-state index contributed by atoms with van der Waals surface area (Å²) in [4.78, 5) is 36.1. The Bertz CT molecular complexity index is 1400. The highest BCUT2D eigenvalue weighted by molar-refractivity contribution is 5.97. The van der Waals surface area contributed by atoms with Crippen molar-refractivity contribution in [2.45, 2.75) is 18.6 Å². The molecule has 3 N–H and O–H groups in total. The predicted octanol–water partition coefficient (Wildman–Crippen LogP) is 1.68. The van der Waals surface area contributed by atoms with Crippen LogP contribution in [0.1, 0.15) is 16.8 Å². The second-order valence-corrected chi connectivity index (χ2v) is 8.35. The van der Waals surface area contributed by atoms with Crippen molar-refractivity contribution in [3.05, 3.63) is 70.8 Å². The Kier molecular flexibility index (Phi) is 4.96. The monoisotopic (exact) mass is 429 g/mol. The summed E-state index contributed by atoms with van der Waals surface area (Å²) in [5.41, 5.74) is 9.15. The smallest absolute Gasteiger partial charge is 0.258 e. The Labute approximate surface area is 183 Å². The minimum Gasteiger partial charge on any atom is -0.391 e. The number of hydrogen-bond donors (Lipinski definition) is 2. The molecule has 162 valence electrons. The lowest BCUT2D eigenvalue weighted by atomic mass is 10.0. The van der Waals surface area contributed by atoms with Crippen molar-refractivity contribution < 1.29 is 9.90 Å². The maximum atomic E-state index is 13.0. The van der Waals surface area contributed by atoms with Gasteiger partial charge in [0.25, 0.3) is 11.5 Å². The fourth-order valence-corrected chi connectivity index (χ4v) is 4.25. The van der Waals surface area contributed by atoms with E-state index in [0.29, 0.717) is 40.6 Å². The zero-order valence-electron chi connectivity index (χ0n) is 17.6. The van der Waals surface area contributed by atoms with Gasteiger partial charge in [0.2, 0.25) is 0 Å². The molecule has 1 amide bonds. The molecule has 3 heterocycles. The van der Waals surface area contributed by atoms with Crippen molar-refractivity contribution in [1.29, 1.82) is 0 Å². The van der Waals surface area contributed by atoms with E-state index in [2.05, 4.69) is 4.98 Å². The van der Waals surface area contributed by atoms with Crippen LogP contribution in [0.5, 0.6) is 0 Å². The van der Waals surface area contributed by atoms with E-state index < -0.39 is 6.10 Å². The lowest BCUT2D eigenvalue weighted by molar-refractivity contribution is 0.0424. The van der Waals surface area contributed by atoms with Crippen molar-refractivity contribution in [2.75, 3.05) is 13.1 Å². The summed E-state index contributed by atoms with van der Waals surface area (Å²) in [5, 5.41) is 11.4. The van der Waals surface area contributed by atoms with Crippen LogP contribution in [0.3, 0.4) is 0 Å². The number of fused-ring (bicyclic) bond motifs is 2. The number of likely N-dealkylation sites (tertiary alicyclic amines) is 1. The quantitative estimate of drug-likeness (QED) is 0.501. The van der Waals surface area contributed by atoms with Crippen LogP contribution in [0.4, 0.5) is 0 Å². The first-order chi connectivity index (χ1) is 15.4. The Hall–Kier alpha value is -3.62. The molecule has 1 fully saturated rings. The number of hydrogen-bond acceptors (Lipinski definition) is 6. The minimum atomic E-state index is -0.612. The van der Waals surface area contributed by atoms with Gasteiger partial charge in [0, 0.05) is 48.9 Å². The third-order valence-corrected chi connectivity index (χ3v) is 5.91. The van der Waals surface area contributed by atoms with Crippen LogP contribution in [-0.4, -0.2) is 55.7 Å². The van der Waals surface area contributed by atoms with Crippen LogP contribution >= 0.6 is 0 Å². The summed E-state index contributed by atoms with van der Waals surface area (Å²) >= 11 is 0. The van der Waals surface area contributed by atoms with Crippen molar-refractivity contribution in [3.63, 3.8) is 0 Å². The fourth-order valence-electron chi connectivity index (χ4n) is 4.25.